The van der Waals surface area contributed by atoms with Gasteiger partial charge >= 0.3 is 0 Å². The van der Waals surface area contributed by atoms with Crippen molar-refractivity contribution in [2.75, 3.05) is 0 Å². The third kappa shape index (κ3) is 4.85. The molecule has 2 rings (SSSR count). The Kier molecular flexibility index (Phi) is 7.78. The van der Waals surface area contributed by atoms with Crippen molar-refractivity contribution < 1.29 is 8.77 Å². The largest absolute Gasteiger partial charge is 0.270 e. The molecular weight excluding hydrogens is 334 g/mol. The van der Waals surface area contributed by atoms with Crippen molar-refractivity contribution in [3.63, 3.8) is 0 Å². The maximum Gasteiger partial charge on any atom is 0.270 e. The number of halogens is 2. The molecule has 0 saturated carbocycles. The van der Waals surface area contributed by atoms with Gasteiger partial charge in [0.15, 0.2) is 0 Å². The van der Waals surface area contributed by atoms with Gasteiger partial charge in [0.1, 0.15) is 0 Å². The molecule has 90 valence electrons. The van der Waals surface area contributed by atoms with E-state index < -0.39 is 4.92 Å². The molecule has 0 aliphatic heterocycles. The first-order valence-corrected chi connectivity index (χ1v) is 4.69. The minimum Gasteiger partial charge on any atom is -0.258 e. The molecule has 0 atom stereocenters. The number of nitro groups is 1. The minimum atomic E-state index is -0.410. The maximum atomic E-state index is 10.4. The van der Waals surface area contributed by atoms with Crippen LogP contribution in [-0.4, -0.2) is 27.0 Å². The molecular formula is C9H6Cl2N2O3Se. The molecule has 1 heterocycles. The van der Waals surface area contributed by atoms with E-state index in [1.54, 1.807) is 24.4 Å². The molecule has 2 radical (unpaired) electrons. The summed E-state index contributed by atoms with van der Waals surface area (Å²) in [6, 6.07) is 8.17. The third-order valence-corrected chi connectivity index (χ3v) is 1.80. The van der Waals surface area contributed by atoms with Crippen LogP contribution in [0.4, 0.5) is 5.69 Å². The summed E-state index contributed by atoms with van der Waals surface area (Å²) in [6.07, 6.45) is 1.66. The number of benzene rings is 1. The first-order valence-electron chi connectivity index (χ1n) is 4.07. The topological polar surface area (TPSA) is 65.3 Å². The number of aromatic nitrogens is 1. The van der Waals surface area contributed by atoms with Gasteiger partial charge in [0.2, 0.25) is 0 Å². The molecule has 0 N–H and O–H groups in total. The monoisotopic (exact) mass is 340 g/mol. The molecule has 5 nitrogen and oxygen atoms in total. The third-order valence-electron chi connectivity index (χ3n) is 1.80. The summed E-state index contributed by atoms with van der Waals surface area (Å²) >= 11 is 8.53. The summed E-state index contributed by atoms with van der Waals surface area (Å²) in [5, 5.41) is 11.2. The van der Waals surface area contributed by atoms with Crippen molar-refractivity contribution in [3.8, 4) is 0 Å². The van der Waals surface area contributed by atoms with Gasteiger partial charge in [-0.15, -0.1) is 0 Å². The summed E-state index contributed by atoms with van der Waals surface area (Å²) in [5.41, 5.74) is 0.869. The van der Waals surface area contributed by atoms with E-state index in [4.69, 9.17) is 0 Å². The van der Waals surface area contributed by atoms with E-state index in [2.05, 4.69) is 32.6 Å². The fourth-order valence-corrected chi connectivity index (χ4v) is 1.18. The first-order chi connectivity index (χ1) is 7.69. The summed E-state index contributed by atoms with van der Waals surface area (Å²) in [5.74, 6) is 0. The Morgan fingerprint density at radius 2 is 1.94 bits per heavy atom. The molecule has 0 saturated heterocycles. The molecule has 0 spiro atoms. The molecule has 0 amide bonds. The standard InChI is InChI=1S/C9H6N2O2.Cl2O.Se/c12-11(13)8-3-4-9-7(6-8)2-1-5-10-9;1-3-2;/h1-6H;;. The van der Waals surface area contributed by atoms with Crippen LogP contribution in [0.1, 0.15) is 0 Å². The second-order valence-electron chi connectivity index (χ2n) is 2.70. The number of hydrogen-bond acceptors (Lipinski definition) is 4. The Labute approximate surface area is 118 Å². The molecule has 0 aliphatic carbocycles. The van der Waals surface area contributed by atoms with Crippen LogP contribution in [0, 0.1) is 10.1 Å². The van der Waals surface area contributed by atoms with E-state index in [1.165, 1.54) is 12.1 Å². The number of nitrogens with zero attached hydrogens (tertiary/aromatic N) is 2. The Morgan fingerprint density at radius 3 is 2.53 bits per heavy atom. The summed E-state index contributed by atoms with van der Waals surface area (Å²) in [6.45, 7) is 0. The number of nitro benzene ring substituents is 1. The molecule has 0 aliphatic rings. The van der Waals surface area contributed by atoms with Crippen molar-refractivity contribution in [2.45, 2.75) is 0 Å². The van der Waals surface area contributed by atoms with E-state index >= 15 is 0 Å². The van der Waals surface area contributed by atoms with Crippen LogP contribution in [-0.2, 0) is 3.84 Å². The summed E-state index contributed by atoms with van der Waals surface area (Å²) < 4.78 is 3.19. The van der Waals surface area contributed by atoms with Crippen molar-refractivity contribution in [2.24, 2.45) is 0 Å². The fourth-order valence-electron chi connectivity index (χ4n) is 1.18. The van der Waals surface area contributed by atoms with Crippen LogP contribution >= 0.6 is 23.7 Å². The number of hydrogen-bond donors (Lipinski definition) is 0. The van der Waals surface area contributed by atoms with Gasteiger partial charge in [-0.25, -0.2) is 0 Å². The predicted octanol–water partition coefficient (Wildman–Crippen LogP) is 3.07. The Hall–Kier alpha value is -0.911. The van der Waals surface area contributed by atoms with Crippen molar-refractivity contribution in [3.05, 3.63) is 46.6 Å². The average Bonchev–Trinajstić information content (AvgIpc) is 2.29. The molecule has 2 aromatic rings. The zero-order valence-corrected chi connectivity index (χ0v) is 11.5. The molecule has 1 aromatic heterocycles. The van der Waals surface area contributed by atoms with Crippen LogP contribution in [0.2, 0.25) is 0 Å². The summed E-state index contributed by atoms with van der Waals surface area (Å²) in [7, 11) is 0. The van der Waals surface area contributed by atoms with Crippen molar-refractivity contribution >= 4 is 57.4 Å². The second kappa shape index (κ2) is 8.22. The van der Waals surface area contributed by atoms with Crippen LogP contribution in [0.15, 0.2) is 36.5 Å². The number of non-ortho nitro benzene ring substituents is 1. The van der Waals surface area contributed by atoms with Gasteiger partial charge in [-0.05, 0) is 12.1 Å². The second-order valence-corrected chi connectivity index (χ2v) is 3.16. The minimum absolute atomic E-state index is 0. The van der Waals surface area contributed by atoms with Crippen LogP contribution in [0.25, 0.3) is 10.9 Å². The fraction of sp³-hybridized carbons (Fsp3) is 0. The van der Waals surface area contributed by atoms with Gasteiger partial charge in [0.25, 0.3) is 5.69 Å². The molecule has 8 heteroatoms. The van der Waals surface area contributed by atoms with Gasteiger partial charge in [-0.3, -0.25) is 15.1 Å². The maximum absolute atomic E-state index is 10.4. The van der Waals surface area contributed by atoms with E-state index in [1.807, 2.05) is 0 Å². The van der Waals surface area contributed by atoms with Crippen molar-refractivity contribution in [1.82, 2.24) is 4.98 Å². The normalized spacial score (nSPS) is 8.82. The SMILES string of the molecule is ClOCl.O=[N+]([O-])c1ccc2ncccc2c1.[Se]. The Morgan fingerprint density at radius 1 is 1.29 bits per heavy atom. The molecule has 1 aromatic carbocycles. The first kappa shape index (κ1) is 16.1. The van der Waals surface area contributed by atoms with Crippen molar-refractivity contribution in [1.29, 1.82) is 0 Å². The van der Waals surface area contributed by atoms with E-state index in [9.17, 15) is 10.1 Å². The smallest absolute Gasteiger partial charge is 0.258 e. The zero-order valence-electron chi connectivity index (χ0n) is 8.25. The molecule has 0 fully saturated rings. The molecule has 0 bridgehead atoms. The summed E-state index contributed by atoms with van der Waals surface area (Å²) in [4.78, 5) is 14.1. The Balaban J connectivity index is 0.000000583. The average molecular weight is 340 g/mol. The van der Waals surface area contributed by atoms with Crippen LogP contribution in [0.5, 0.6) is 0 Å². The molecule has 0 unspecified atom stereocenters. The predicted molar refractivity (Wildman–Crippen MR) is 66.9 cm³/mol. The van der Waals surface area contributed by atoms with Gasteiger partial charge < -0.3 is 0 Å². The van der Waals surface area contributed by atoms with E-state index in [-0.39, 0.29) is 22.8 Å². The number of fused-ring (bicyclic) bond motifs is 1. The number of pyridine rings is 1. The molecule has 17 heavy (non-hydrogen) atoms. The van der Waals surface area contributed by atoms with Gasteiger partial charge in [0, 0.05) is 40.8 Å². The number of rotatable bonds is 1. The Bertz CT molecular complexity index is 498. The quantitative estimate of drug-likeness (QED) is 0.455. The van der Waals surface area contributed by atoms with E-state index in [0.29, 0.717) is 0 Å². The van der Waals surface area contributed by atoms with E-state index in [0.717, 1.165) is 10.9 Å². The van der Waals surface area contributed by atoms with Gasteiger partial charge in [-0.1, -0.05) is 6.07 Å². The van der Waals surface area contributed by atoms with Gasteiger partial charge in [0.05, 0.1) is 34.2 Å². The van der Waals surface area contributed by atoms with Gasteiger partial charge in [-0.2, -0.15) is 3.84 Å². The van der Waals surface area contributed by atoms with Crippen LogP contribution in [0.3, 0.4) is 0 Å². The zero-order chi connectivity index (χ0) is 12.0. The van der Waals surface area contributed by atoms with Crippen LogP contribution < -0.4 is 0 Å².